The smallest absolute Gasteiger partial charge is 0.223 e. The van der Waals surface area contributed by atoms with Crippen LogP contribution in [-0.2, 0) is 4.79 Å². The number of hydrogen-bond donors (Lipinski definition) is 2. The molecule has 0 saturated carbocycles. The summed E-state index contributed by atoms with van der Waals surface area (Å²) in [5, 5.41) is 12.1. The zero-order valence-electron chi connectivity index (χ0n) is 9.55. The molecule has 0 aliphatic heterocycles. The highest BCUT2D eigenvalue weighted by molar-refractivity contribution is 5.78. The maximum atomic E-state index is 11.5. The van der Waals surface area contributed by atoms with Gasteiger partial charge in [0, 0.05) is 12.5 Å². The summed E-state index contributed by atoms with van der Waals surface area (Å²) in [6, 6.07) is 0. The molecule has 0 fully saturated rings. The van der Waals surface area contributed by atoms with Crippen LogP contribution in [-0.4, -0.2) is 23.7 Å². The molecule has 0 aliphatic carbocycles. The zero-order valence-corrected chi connectivity index (χ0v) is 9.55. The molecule has 0 rings (SSSR count). The maximum Gasteiger partial charge on any atom is 0.223 e. The van der Waals surface area contributed by atoms with Crippen molar-refractivity contribution in [1.82, 2.24) is 5.32 Å². The van der Waals surface area contributed by atoms with E-state index in [4.69, 9.17) is 0 Å². The van der Waals surface area contributed by atoms with Crippen LogP contribution in [0.3, 0.4) is 0 Å². The summed E-state index contributed by atoms with van der Waals surface area (Å²) in [6.45, 7) is 6.57. The van der Waals surface area contributed by atoms with Crippen molar-refractivity contribution in [3.05, 3.63) is 0 Å². The second-order valence-electron chi connectivity index (χ2n) is 3.66. The third-order valence-electron chi connectivity index (χ3n) is 2.60. The lowest BCUT2D eigenvalue weighted by Gasteiger charge is -2.13. The molecule has 1 atom stereocenters. The second kappa shape index (κ2) is 7.80. The Morgan fingerprint density at radius 1 is 1.21 bits per heavy atom. The Labute approximate surface area is 86.9 Å². The van der Waals surface area contributed by atoms with Crippen LogP contribution in [0.5, 0.6) is 0 Å². The topological polar surface area (TPSA) is 49.3 Å². The summed E-state index contributed by atoms with van der Waals surface area (Å²) in [7, 11) is 0. The molecule has 0 bridgehead atoms. The van der Waals surface area contributed by atoms with Gasteiger partial charge in [0.2, 0.25) is 5.91 Å². The van der Waals surface area contributed by atoms with Gasteiger partial charge >= 0.3 is 0 Å². The SMILES string of the molecule is CCC(O)CCNC(=O)C(CC)CC. The Morgan fingerprint density at radius 3 is 2.21 bits per heavy atom. The number of carbonyl (C=O) groups excluding carboxylic acids is 1. The molecule has 2 N–H and O–H groups in total. The van der Waals surface area contributed by atoms with Crippen molar-refractivity contribution >= 4 is 5.91 Å². The van der Waals surface area contributed by atoms with Gasteiger partial charge in [-0.2, -0.15) is 0 Å². The first-order chi connectivity index (χ1) is 6.65. The lowest BCUT2D eigenvalue weighted by molar-refractivity contribution is -0.125. The van der Waals surface area contributed by atoms with E-state index in [9.17, 15) is 9.90 Å². The fourth-order valence-corrected chi connectivity index (χ4v) is 1.37. The van der Waals surface area contributed by atoms with Crippen molar-refractivity contribution in [3.8, 4) is 0 Å². The van der Waals surface area contributed by atoms with Crippen LogP contribution in [0.4, 0.5) is 0 Å². The minimum Gasteiger partial charge on any atom is -0.393 e. The molecule has 0 radical (unpaired) electrons. The summed E-state index contributed by atoms with van der Waals surface area (Å²) in [5.41, 5.74) is 0. The molecule has 0 saturated heterocycles. The largest absolute Gasteiger partial charge is 0.393 e. The zero-order chi connectivity index (χ0) is 11.0. The van der Waals surface area contributed by atoms with Crippen LogP contribution in [0, 0.1) is 5.92 Å². The summed E-state index contributed by atoms with van der Waals surface area (Å²) in [6.07, 6.45) is 2.90. The number of carbonyl (C=O) groups is 1. The Morgan fingerprint density at radius 2 is 1.79 bits per heavy atom. The normalized spacial score (nSPS) is 12.9. The predicted molar refractivity (Wildman–Crippen MR) is 58.0 cm³/mol. The van der Waals surface area contributed by atoms with Gasteiger partial charge < -0.3 is 10.4 Å². The Balaban J connectivity index is 3.62. The average molecular weight is 201 g/mol. The fourth-order valence-electron chi connectivity index (χ4n) is 1.37. The second-order valence-corrected chi connectivity index (χ2v) is 3.66. The Bertz CT molecular complexity index is 155. The van der Waals surface area contributed by atoms with Crippen molar-refractivity contribution in [2.24, 2.45) is 5.92 Å². The minimum absolute atomic E-state index is 0.123. The van der Waals surface area contributed by atoms with E-state index in [0.717, 1.165) is 19.3 Å². The van der Waals surface area contributed by atoms with Gasteiger partial charge in [-0.05, 0) is 25.7 Å². The number of nitrogens with one attached hydrogen (secondary N) is 1. The molecule has 1 amide bonds. The van der Waals surface area contributed by atoms with Crippen LogP contribution in [0.15, 0.2) is 0 Å². The highest BCUT2D eigenvalue weighted by atomic mass is 16.3. The van der Waals surface area contributed by atoms with Crippen LogP contribution >= 0.6 is 0 Å². The number of rotatable bonds is 7. The number of aliphatic hydroxyl groups is 1. The summed E-state index contributed by atoms with van der Waals surface area (Å²) >= 11 is 0. The molecule has 1 unspecified atom stereocenters. The van der Waals surface area contributed by atoms with E-state index in [0.29, 0.717) is 13.0 Å². The van der Waals surface area contributed by atoms with Crippen LogP contribution in [0.2, 0.25) is 0 Å². The van der Waals surface area contributed by atoms with E-state index in [-0.39, 0.29) is 17.9 Å². The third kappa shape index (κ3) is 5.22. The molecule has 14 heavy (non-hydrogen) atoms. The fraction of sp³-hybridized carbons (Fsp3) is 0.909. The molecule has 3 nitrogen and oxygen atoms in total. The molecule has 3 heteroatoms. The molecule has 0 heterocycles. The maximum absolute atomic E-state index is 11.5. The van der Waals surface area contributed by atoms with E-state index < -0.39 is 0 Å². The molecule has 0 aliphatic rings. The van der Waals surface area contributed by atoms with Crippen molar-refractivity contribution in [3.63, 3.8) is 0 Å². The summed E-state index contributed by atoms with van der Waals surface area (Å²) in [5.74, 6) is 0.257. The molecule has 0 spiro atoms. The summed E-state index contributed by atoms with van der Waals surface area (Å²) < 4.78 is 0. The highest BCUT2D eigenvalue weighted by Crippen LogP contribution is 2.07. The van der Waals surface area contributed by atoms with Gasteiger partial charge in [0.15, 0.2) is 0 Å². The van der Waals surface area contributed by atoms with E-state index >= 15 is 0 Å². The summed E-state index contributed by atoms with van der Waals surface area (Å²) in [4.78, 5) is 11.5. The van der Waals surface area contributed by atoms with Gasteiger partial charge in [-0.25, -0.2) is 0 Å². The van der Waals surface area contributed by atoms with E-state index in [2.05, 4.69) is 5.32 Å². The molecular weight excluding hydrogens is 178 g/mol. The minimum atomic E-state index is -0.281. The standard InChI is InChI=1S/C11H23NO2/c1-4-9(5-2)11(14)12-8-7-10(13)6-3/h9-10,13H,4-8H2,1-3H3,(H,12,14). The van der Waals surface area contributed by atoms with Gasteiger partial charge in [-0.15, -0.1) is 0 Å². The quantitative estimate of drug-likeness (QED) is 0.658. The Hall–Kier alpha value is -0.570. The van der Waals surface area contributed by atoms with Gasteiger partial charge in [-0.1, -0.05) is 20.8 Å². The monoisotopic (exact) mass is 201 g/mol. The van der Waals surface area contributed by atoms with Crippen molar-refractivity contribution in [2.45, 2.75) is 52.6 Å². The van der Waals surface area contributed by atoms with Gasteiger partial charge in [0.05, 0.1) is 6.10 Å². The average Bonchev–Trinajstić information content (AvgIpc) is 2.19. The van der Waals surface area contributed by atoms with Gasteiger partial charge in [-0.3, -0.25) is 4.79 Å². The highest BCUT2D eigenvalue weighted by Gasteiger charge is 2.13. The first-order valence-electron chi connectivity index (χ1n) is 5.61. The van der Waals surface area contributed by atoms with E-state index in [1.807, 2.05) is 20.8 Å². The van der Waals surface area contributed by atoms with Crippen molar-refractivity contribution < 1.29 is 9.90 Å². The van der Waals surface area contributed by atoms with E-state index in [1.54, 1.807) is 0 Å². The first kappa shape index (κ1) is 13.4. The van der Waals surface area contributed by atoms with Crippen LogP contribution < -0.4 is 5.32 Å². The lowest BCUT2D eigenvalue weighted by Crippen LogP contribution is -2.32. The molecule has 0 aromatic rings. The van der Waals surface area contributed by atoms with Crippen LogP contribution in [0.1, 0.15) is 46.5 Å². The molecular formula is C11H23NO2. The molecule has 0 aromatic carbocycles. The van der Waals surface area contributed by atoms with Crippen LogP contribution in [0.25, 0.3) is 0 Å². The third-order valence-corrected chi connectivity index (χ3v) is 2.60. The van der Waals surface area contributed by atoms with Gasteiger partial charge in [0.25, 0.3) is 0 Å². The van der Waals surface area contributed by atoms with Gasteiger partial charge in [0.1, 0.15) is 0 Å². The number of hydrogen-bond acceptors (Lipinski definition) is 2. The lowest BCUT2D eigenvalue weighted by atomic mass is 10.0. The van der Waals surface area contributed by atoms with Crippen molar-refractivity contribution in [1.29, 1.82) is 0 Å². The Kier molecular flexibility index (Phi) is 7.48. The number of aliphatic hydroxyl groups excluding tert-OH is 1. The molecule has 0 aromatic heterocycles. The van der Waals surface area contributed by atoms with Crippen molar-refractivity contribution in [2.75, 3.05) is 6.54 Å². The molecule has 84 valence electrons. The predicted octanol–water partition coefficient (Wildman–Crippen LogP) is 1.70. The number of amides is 1. The van der Waals surface area contributed by atoms with E-state index in [1.165, 1.54) is 0 Å². The first-order valence-corrected chi connectivity index (χ1v) is 5.61.